The topological polar surface area (TPSA) is 52.6 Å². The minimum absolute atomic E-state index is 0.0604. The molecular weight excluding hydrogens is 416 g/mol. The third-order valence-corrected chi connectivity index (χ3v) is 10.6. The van der Waals surface area contributed by atoms with E-state index in [4.69, 9.17) is 21.7 Å². The number of ketones is 1. The fourth-order valence-electron chi connectivity index (χ4n) is 7.80. The Hall–Kier alpha value is -0.620. The number of rotatable bonds is 3. The molecule has 4 nitrogen and oxygen atoms in total. The van der Waals surface area contributed by atoms with E-state index < -0.39 is 0 Å². The van der Waals surface area contributed by atoms with Crippen LogP contribution in [0, 0.1) is 34.5 Å². The number of fused-ring (bicyclic) bond motifs is 5. The van der Waals surface area contributed by atoms with Crippen LogP contribution in [0.3, 0.4) is 0 Å². The van der Waals surface area contributed by atoms with Gasteiger partial charge < -0.3 is 9.47 Å². The summed E-state index contributed by atoms with van der Waals surface area (Å²) in [6.07, 6.45) is 8.56. The Bertz CT molecular complexity index is 724. The zero-order valence-electron chi connectivity index (χ0n) is 18.8. The third-order valence-electron chi connectivity index (χ3n) is 9.22. The first kappa shape index (κ1) is 22.6. The highest BCUT2D eigenvalue weighted by Crippen LogP contribution is 2.66. The van der Waals surface area contributed by atoms with Crippen LogP contribution < -0.4 is 0 Å². The monoisotopic (exact) mass is 452 g/mol. The van der Waals surface area contributed by atoms with Crippen molar-refractivity contribution in [2.45, 2.75) is 90.4 Å². The van der Waals surface area contributed by atoms with E-state index in [-0.39, 0.29) is 28.2 Å². The van der Waals surface area contributed by atoms with Crippen LogP contribution in [0.4, 0.5) is 0 Å². The van der Waals surface area contributed by atoms with Gasteiger partial charge in [0.2, 0.25) is 4.38 Å². The van der Waals surface area contributed by atoms with Crippen LogP contribution in [0.2, 0.25) is 0 Å². The number of thiocarbonyl (C=S) groups is 1. The van der Waals surface area contributed by atoms with E-state index in [1.807, 2.05) is 6.92 Å². The Morgan fingerprint density at radius 3 is 2.57 bits per heavy atom. The summed E-state index contributed by atoms with van der Waals surface area (Å²) in [6, 6.07) is 0. The van der Waals surface area contributed by atoms with Crippen LogP contribution in [-0.2, 0) is 19.1 Å². The molecule has 0 heterocycles. The quantitative estimate of drug-likeness (QED) is 0.413. The summed E-state index contributed by atoms with van der Waals surface area (Å²) in [5, 5.41) is -0.0604. The molecule has 0 amide bonds. The van der Waals surface area contributed by atoms with Crippen LogP contribution in [0.5, 0.6) is 0 Å². The summed E-state index contributed by atoms with van der Waals surface area (Å²) >= 11 is 6.83. The van der Waals surface area contributed by atoms with Gasteiger partial charge in [0.25, 0.3) is 0 Å². The summed E-state index contributed by atoms with van der Waals surface area (Å²) < 4.78 is 11.8. The van der Waals surface area contributed by atoms with Crippen LogP contribution in [0.25, 0.3) is 0 Å². The van der Waals surface area contributed by atoms with Crippen molar-refractivity contribution < 1.29 is 19.1 Å². The second kappa shape index (κ2) is 8.38. The summed E-state index contributed by atoms with van der Waals surface area (Å²) in [7, 11) is 0. The lowest BCUT2D eigenvalue weighted by molar-refractivity contribution is -0.161. The largest absolute Gasteiger partial charge is 0.479 e. The Morgan fingerprint density at radius 1 is 1.13 bits per heavy atom. The standard InChI is InChI=1S/C24H36O4S2/c1-5-27-22(29)30-20-13-24(4)15(12-19(20)26)6-7-16-17-8-9-21(28-14(2)25)23(17,3)11-10-18(16)24/h15-18,20-21H,5-13H2,1-4H3. The van der Waals surface area contributed by atoms with E-state index >= 15 is 0 Å². The molecule has 4 aliphatic rings. The number of Topliss-reactive ketones (excluding diaryl/α,β-unsaturated/α-hetero) is 1. The molecule has 8 atom stereocenters. The van der Waals surface area contributed by atoms with Gasteiger partial charge in [0.15, 0.2) is 0 Å². The van der Waals surface area contributed by atoms with E-state index in [1.165, 1.54) is 37.9 Å². The fourth-order valence-corrected chi connectivity index (χ4v) is 9.35. The van der Waals surface area contributed by atoms with E-state index in [9.17, 15) is 9.59 Å². The minimum Gasteiger partial charge on any atom is -0.479 e. The number of carbonyl (C=O) groups is 2. The predicted molar refractivity (Wildman–Crippen MR) is 123 cm³/mol. The molecule has 4 aliphatic carbocycles. The van der Waals surface area contributed by atoms with Gasteiger partial charge in [-0.1, -0.05) is 25.6 Å². The van der Waals surface area contributed by atoms with Gasteiger partial charge in [-0.3, -0.25) is 9.59 Å². The average Bonchev–Trinajstić information content (AvgIpc) is 2.99. The van der Waals surface area contributed by atoms with Gasteiger partial charge >= 0.3 is 5.97 Å². The molecule has 0 aromatic rings. The highest BCUT2D eigenvalue weighted by atomic mass is 32.2. The van der Waals surface area contributed by atoms with Crippen molar-refractivity contribution >= 4 is 40.1 Å². The molecule has 4 saturated carbocycles. The SMILES string of the molecule is CCOC(=S)SC1CC2(C)C(CCC3C2CCC2(C)C(OC(C)=O)CCC32)CC1=O. The van der Waals surface area contributed by atoms with Crippen molar-refractivity contribution in [3.05, 3.63) is 0 Å². The zero-order valence-corrected chi connectivity index (χ0v) is 20.4. The maximum absolute atomic E-state index is 12.9. The molecule has 4 rings (SSSR count). The number of esters is 1. The fraction of sp³-hybridized carbons (Fsp3) is 0.875. The molecule has 8 unspecified atom stereocenters. The van der Waals surface area contributed by atoms with Crippen molar-refractivity contribution in [1.82, 2.24) is 0 Å². The molecule has 0 aromatic carbocycles. The van der Waals surface area contributed by atoms with E-state index in [1.54, 1.807) is 0 Å². The first-order chi connectivity index (χ1) is 14.2. The van der Waals surface area contributed by atoms with Crippen molar-refractivity contribution in [1.29, 1.82) is 0 Å². The lowest BCUT2D eigenvalue weighted by Crippen LogP contribution is -2.56. The lowest BCUT2D eigenvalue weighted by atomic mass is 9.45. The molecule has 6 heteroatoms. The first-order valence-electron chi connectivity index (χ1n) is 11.7. The maximum atomic E-state index is 12.9. The molecule has 168 valence electrons. The Balaban J connectivity index is 1.54. The number of carbonyl (C=O) groups excluding carboxylic acids is 2. The van der Waals surface area contributed by atoms with E-state index in [2.05, 4.69) is 13.8 Å². The van der Waals surface area contributed by atoms with Gasteiger partial charge in [0, 0.05) is 18.8 Å². The Labute approximate surface area is 190 Å². The van der Waals surface area contributed by atoms with E-state index in [0.717, 1.165) is 25.7 Å². The van der Waals surface area contributed by atoms with Crippen LogP contribution in [0.1, 0.15) is 79.1 Å². The third kappa shape index (κ3) is 3.74. The van der Waals surface area contributed by atoms with Crippen molar-refractivity contribution in [2.24, 2.45) is 34.5 Å². The van der Waals surface area contributed by atoms with Gasteiger partial charge in [0.1, 0.15) is 11.9 Å². The molecule has 0 aliphatic heterocycles. The number of hydrogen-bond donors (Lipinski definition) is 0. The van der Waals surface area contributed by atoms with Gasteiger partial charge in [0.05, 0.1) is 11.9 Å². The van der Waals surface area contributed by atoms with Gasteiger partial charge in [-0.25, -0.2) is 0 Å². The Morgan fingerprint density at radius 2 is 1.87 bits per heavy atom. The molecule has 0 radical (unpaired) electrons. The minimum atomic E-state index is -0.143. The molecule has 0 bridgehead atoms. The van der Waals surface area contributed by atoms with Crippen LogP contribution in [-0.4, -0.2) is 34.1 Å². The summed E-state index contributed by atoms with van der Waals surface area (Å²) in [5.41, 5.74) is 0.308. The molecule has 4 fully saturated rings. The molecule has 30 heavy (non-hydrogen) atoms. The molecule has 0 aromatic heterocycles. The number of ether oxygens (including phenoxy) is 2. The molecule has 0 saturated heterocycles. The van der Waals surface area contributed by atoms with Crippen molar-refractivity contribution in [2.75, 3.05) is 6.61 Å². The van der Waals surface area contributed by atoms with Gasteiger partial charge in [-0.2, -0.15) is 0 Å². The van der Waals surface area contributed by atoms with Gasteiger partial charge in [-0.15, -0.1) is 0 Å². The highest BCUT2D eigenvalue weighted by molar-refractivity contribution is 8.23. The van der Waals surface area contributed by atoms with E-state index in [0.29, 0.717) is 46.9 Å². The lowest BCUT2D eigenvalue weighted by Gasteiger charge is -2.60. The summed E-state index contributed by atoms with van der Waals surface area (Å²) in [5.74, 6) is 2.69. The summed E-state index contributed by atoms with van der Waals surface area (Å²) in [6.45, 7) is 8.85. The normalized spacial score (nSPS) is 45.1. The first-order valence-corrected chi connectivity index (χ1v) is 13.0. The Kier molecular flexibility index (Phi) is 6.31. The smallest absolute Gasteiger partial charge is 0.302 e. The molecule has 0 N–H and O–H groups in total. The summed E-state index contributed by atoms with van der Waals surface area (Å²) in [4.78, 5) is 24.5. The number of thioether (sulfide) groups is 1. The average molecular weight is 453 g/mol. The predicted octanol–water partition coefficient (Wildman–Crippen LogP) is 5.56. The van der Waals surface area contributed by atoms with Gasteiger partial charge in [-0.05, 0) is 93.2 Å². The zero-order chi connectivity index (χ0) is 21.7. The maximum Gasteiger partial charge on any atom is 0.302 e. The molecular formula is C24H36O4S2. The second-order valence-corrected chi connectivity index (χ2v) is 12.3. The highest BCUT2D eigenvalue weighted by Gasteiger charge is 2.62. The van der Waals surface area contributed by atoms with Crippen molar-refractivity contribution in [3.8, 4) is 0 Å². The molecule has 0 spiro atoms. The number of hydrogen-bond acceptors (Lipinski definition) is 6. The van der Waals surface area contributed by atoms with Crippen molar-refractivity contribution in [3.63, 3.8) is 0 Å². The second-order valence-electron chi connectivity index (χ2n) is 10.5. The van der Waals surface area contributed by atoms with Crippen LogP contribution in [0.15, 0.2) is 0 Å². The van der Waals surface area contributed by atoms with Crippen LogP contribution >= 0.6 is 24.0 Å².